The fourth-order valence-corrected chi connectivity index (χ4v) is 2.40. The second-order valence-corrected chi connectivity index (χ2v) is 5.29. The van der Waals surface area contributed by atoms with Gasteiger partial charge in [-0.15, -0.1) is 0 Å². The lowest BCUT2D eigenvalue weighted by atomic mass is 10.1. The third-order valence-corrected chi connectivity index (χ3v) is 3.57. The van der Waals surface area contributed by atoms with E-state index in [0.717, 1.165) is 12.1 Å². The number of carbonyl (C=O) groups is 2. The zero-order valence-corrected chi connectivity index (χ0v) is 12.7. The van der Waals surface area contributed by atoms with Crippen LogP contribution in [0.4, 0.5) is 25.0 Å². The number of aliphatic hydroxyl groups excluding tert-OH is 1. The minimum Gasteiger partial charge on any atom is -0.503 e. The molecule has 0 aliphatic carbocycles. The van der Waals surface area contributed by atoms with Crippen LogP contribution in [-0.2, 0) is 4.79 Å². The number of hydrogen-bond acceptors (Lipinski definition) is 3. The molecule has 2 aromatic rings. The van der Waals surface area contributed by atoms with Crippen LogP contribution >= 0.6 is 0 Å². The molecule has 0 spiro atoms. The van der Waals surface area contributed by atoms with E-state index in [1.165, 1.54) is 6.08 Å². The monoisotopic (exact) mass is 345 g/mol. The molecule has 0 saturated carbocycles. The van der Waals surface area contributed by atoms with E-state index in [1.807, 2.05) is 0 Å². The van der Waals surface area contributed by atoms with Crippen LogP contribution in [-0.4, -0.2) is 17.0 Å². The first-order valence-corrected chi connectivity index (χ1v) is 7.27. The quantitative estimate of drug-likeness (QED) is 0.674. The van der Waals surface area contributed by atoms with Gasteiger partial charge in [0.25, 0.3) is 5.91 Å². The molecule has 128 valence electrons. The fourth-order valence-electron chi connectivity index (χ4n) is 2.40. The van der Waals surface area contributed by atoms with E-state index >= 15 is 0 Å². The molecule has 4 N–H and O–H groups in total. The molecular formula is C17H13F2N3O3. The van der Waals surface area contributed by atoms with Crippen LogP contribution < -0.4 is 16.0 Å². The number of amides is 3. The molecule has 0 aromatic heterocycles. The highest BCUT2D eigenvalue weighted by atomic mass is 19.1. The number of carbonyl (C=O) groups excluding carboxylic acids is 2. The highest BCUT2D eigenvalue weighted by molar-refractivity contribution is 6.03. The SMILES string of the molecule is O=C(Nc1ccc(F)cc1F)NC1C=C(O)C(=O)Nc2ccccc21. The predicted octanol–water partition coefficient (Wildman–Crippen LogP) is 3.22. The Kier molecular flexibility index (Phi) is 4.34. The Morgan fingerprint density at radius 2 is 1.92 bits per heavy atom. The Bertz CT molecular complexity index is 883. The maximum absolute atomic E-state index is 13.6. The Labute approximate surface area is 141 Å². The van der Waals surface area contributed by atoms with E-state index in [2.05, 4.69) is 16.0 Å². The molecule has 3 amide bonds. The van der Waals surface area contributed by atoms with Crippen molar-refractivity contribution in [3.05, 3.63) is 71.5 Å². The van der Waals surface area contributed by atoms with Crippen molar-refractivity contribution in [1.82, 2.24) is 5.32 Å². The molecule has 25 heavy (non-hydrogen) atoms. The van der Waals surface area contributed by atoms with E-state index in [4.69, 9.17) is 0 Å². The van der Waals surface area contributed by atoms with Crippen molar-refractivity contribution in [1.29, 1.82) is 0 Å². The van der Waals surface area contributed by atoms with Gasteiger partial charge >= 0.3 is 6.03 Å². The Balaban J connectivity index is 1.83. The summed E-state index contributed by atoms with van der Waals surface area (Å²) in [6.45, 7) is 0. The molecule has 8 heteroatoms. The number of rotatable bonds is 2. The van der Waals surface area contributed by atoms with Gasteiger partial charge < -0.3 is 21.1 Å². The van der Waals surface area contributed by atoms with Crippen molar-refractivity contribution in [3.8, 4) is 0 Å². The lowest BCUT2D eigenvalue weighted by Gasteiger charge is -2.17. The van der Waals surface area contributed by atoms with Crippen LogP contribution in [0, 0.1) is 11.6 Å². The lowest BCUT2D eigenvalue weighted by molar-refractivity contribution is -0.115. The van der Waals surface area contributed by atoms with Gasteiger partial charge in [0.15, 0.2) is 5.76 Å². The summed E-state index contributed by atoms with van der Waals surface area (Å²) < 4.78 is 26.5. The molecule has 2 aromatic carbocycles. The van der Waals surface area contributed by atoms with Crippen LogP contribution in [0.15, 0.2) is 54.3 Å². The predicted molar refractivity (Wildman–Crippen MR) is 87.0 cm³/mol. The maximum atomic E-state index is 13.6. The number of hydrogen-bond donors (Lipinski definition) is 4. The highest BCUT2D eigenvalue weighted by Gasteiger charge is 2.23. The van der Waals surface area contributed by atoms with Crippen LogP contribution in [0.2, 0.25) is 0 Å². The third-order valence-electron chi connectivity index (χ3n) is 3.57. The summed E-state index contributed by atoms with van der Waals surface area (Å²) in [6.07, 6.45) is 1.17. The molecular weight excluding hydrogens is 332 g/mol. The van der Waals surface area contributed by atoms with Crippen molar-refractivity contribution < 1.29 is 23.5 Å². The number of urea groups is 1. The average Bonchev–Trinajstić information content (AvgIpc) is 2.68. The van der Waals surface area contributed by atoms with E-state index in [0.29, 0.717) is 17.3 Å². The summed E-state index contributed by atoms with van der Waals surface area (Å²) in [6, 6.07) is 7.78. The average molecular weight is 345 g/mol. The molecule has 0 radical (unpaired) electrons. The summed E-state index contributed by atoms with van der Waals surface area (Å²) in [7, 11) is 0. The minimum atomic E-state index is -0.924. The van der Waals surface area contributed by atoms with E-state index < -0.39 is 35.4 Å². The second kappa shape index (κ2) is 6.60. The molecule has 1 atom stereocenters. The van der Waals surface area contributed by atoms with E-state index in [1.54, 1.807) is 24.3 Å². The molecule has 1 aliphatic heterocycles. The van der Waals surface area contributed by atoms with Crippen molar-refractivity contribution in [2.45, 2.75) is 6.04 Å². The normalized spacial score (nSPS) is 16.2. The molecule has 3 rings (SSSR count). The minimum absolute atomic E-state index is 0.205. The Morgan fingerprint density at radius 1 is 1.16 bits per heavy atom. The summed E-state index contributed by atoms with van der Waals surface area (Å²) >= 11 is 0. The smallest absolute Gasteiger partial charge is 0.320 e. The first-order valence-electron chi connectivity index (χ1n) is 7.27. The van der Waals surface area contributed by atoms with Gasteiger partial charge in [0.2, 0.25) is 0 Å². The molecule has 0 fully saturated rings. The fraction of sp³-hybridized carbons (Fsp3) is 0.0588. The number of benzene rings is 2. The Hall–Kier alpha value is -3.42. The van der Waals surface area contributed by atoms with Gasteiger partial charge in [0.1, 0.15) is 11.6 Å². The van der Waals surface area contributed by atoms with Gasteiger partial charge in [-0.25, -0.2) is 13.6 Å². The Morgan fingerprint density at radius 3 is 2.68 bits per heavy atom. The van der Waals surface area contributed by atoms with E-state index in [9.17, 15) is 23.5 Å². The molecule has 1 aliphatic rings. The number of fused-ring (bicyclic) bond motifs is 1. The largest absolute Gasteiger partial charge is 0.503 e. The first-order chi connectivity index (χ1) is 11.9. The van der Waals surface area contributed by atoms with Gasteiger partial charge in [-0.1, -0.05) is 18.2 Å². The van der Waals surface area contributed by atoms with Crippen molar-refractivity contribution in [2.75, 3.05) is 10.6 Å². The molecule has 0 saturated heterocycles. The number of nitrogens with one attached hydrogen (secondary N) is 3. The van der Waals surface area contributed by atoms with Crippen LogP contribution in [0.1, 0.15) is 11.6 Å². The summed E-state index contributed by atoms with van der Waals surface area (Å²) in [5, 5.41) is 17.0. The molecule has 6 nitrogen and oxygen atoms in total. The molecule has 1 unspecified atom stereocenters. The van der Waals surface area contributed by atoms with Gasteiger partial charge in [0, 0.05) is 17.3 Å². The lowest BCUT2D eigenvalue weighted by Crippen LogP contribution is -2.32. The second-order valence-electron chi connectivity index (χ2n) is 5.29. The number of para-hydroxylation sites is 1. The molecule has 0 bridgehead atoms. The first kappa shape index (κ1) is 16.4. The van der Waals surface area contributed by atoms with Crippen LogP contribution in [0.5, 0.6) is 0 Å². The molecule has 1 heterocycles. The van der Waals surface area contributed by atoms with E-state index in [-0.39, 0.29) is 5.69 Å². The van der Waals surface area contributed by atoms with Crippen LogP contribution in [0.25, 0.3) is 0 Å². The van der Waals surface area contributed by atoms with Crippen molar-refractivity contribution >= 4 is 23.3 Å². The summed E-state index contributed by atoms with van der Waals surface area (Å²) in [5.74, 6) is -2.96. The zero-order chi connectivity index (χ0) is 18.0. The van der Waals surface area contributed by atoms with Gasteiger partial charge in [-0.3, -0.25) is 4.79 Å². The summed E-state index contributed by atoms with van der Waals surface area (Å²) in [5.41, 5.74) is 0.754. The highest BCUT2D eigenvalue weighted by Crippen LogP contribution is 2.28. The number of aliphatic hydroxyl groups is 1. The standard InChI is InChI=1S/C17H13F2N3O3/c18-9-5-6-13(11(19)7-9)21-17(25)22-14-8-15(23)16(24)20-12-4-2-1-3-10(12)14/h1-8,14,23H,(H,20,24)(H2,21,22,25). The number of anilines is 2. The van der Waals surface area contributed by atoms with Crippen molar-refractivity contribution in [3.63, 3.8) is 0 Å². The maximum Gasteiger partial charge on any atom is 0.320 e. The van der Waals surface area contributed by atoms with Gasteiger partial charge in [0.05, 0.1) is 11.7 Å². The van der Waals surface area contributed by atoms with Crippen LogP contribution in [0.3, 0.4) is 0 Å². The summed E-state index contributed by atoms with van der Waals surface area (Å²) in [4.78, 5) is 23.9. The topological polar surface area (TPSA) is 90.5 Å². The van der Waals surface area contributed by atoms with Crippen molar-refractivity contribution in [2.24, 2.45) is 0 Å². The third kappa shape index (κ3) is 3.57. The number of halogens is 2. The zero-order valence-electron chi connectivity index (χ0n) is 12.7. The van der Waals surface area contributed by atoms with Gasteiger partial charge in [-0.05, 0) is 24.3 Å². The van der Waals surface area contributed by atoms with Gasteiger partial charge in [-0.2, -0.15) is 0 Å².